The number of piperazine rings is 1. The topological polar surface area (TPSA) is 75.7 Å². The van der Waals surface area contributed by atoms with E-state index in [0.717, 1.165) is 60.4 Å². The maximum Gasteiger partial charge on any atom is 0.260 e. The van der Waals surface area contributed by atoms with Crippen molar-refractivity contribution < 1.29 is 9.53 Å². The quantitative estimate of drug-likeness (QED) is 0.491. The lowest BCUT2D eigenvalue weighted by molar-refractivity contribution is 0.0840. The van der Waals surface area contributed by atoms with Crippen LogP contribution in [0.1, 0.15) is 15.9 Å². The van der Waals surface area contributed by atoms with E-state index in [0.29, 0.717) is 17.8 Å². The van der Waals surface area contributed by atoms with Crippen LogP contribution in [0.5, 0.6) is 5.75 Å². The van der Waals surface area contributed by atoms with Crippen LogP contribution >= 0.6 is 0 Å². The predicted molar refractivity (Wildman–Crippen MR) is 160 cm³/mol. The minimum Gasteiger partial charge on any atom is -0.495 e. The highest BCUT2D eigenvalue weighted by molar-refractivity contribution is 6.05. The van der Waals surface area contributed by atoms with E-state index in [9.17, 15) is 4.79 Å². The van der Waals surface area contributed by atoms with Crippen LogP contribution in [-0.4, -0.2) is 80.5 Å². The van der Waals surface area contributed by atoms with Crippen molar-refractivity contribution in [3.05, 3.63) is 95.4 Å². The first-order valence-corrected chi connectivity index (χ1v) is 13.6. The van der Waals surface area contributed by atoms with Crippen LogP contribution < -0.4 is 20.3 Å². The van der Waals surface area contributed by atoms with E-state index in [4.69, 9.17) is 9.73 Å². The third kappa shape index (κ3) is 4.96. The molecule has 9 nitrogen and oxygen atoms in total. The Morgan fingerprint density at radius 3 is 2.50 bits per heavy atom. The number of fused-ring (bicyclic) bond motifs is 1. The second kappa shape index (κ2) is 10.9. The molecule has 1 saturated heterocycles. The fourth-order valence-corrected chi connectivity index (χ4v) is 5.39. The van der Waals surface area contributed by atoms with E-state index >= 15 is 0 Å². The van der Waals surface area contributed by atoms with Gasteiger partial charge in [0, 0.05) is 51.5 Å². The summed E-state index contributed by atoms with van der Waals surface area (Å²) < 4.78 is 5.85. The fraction of sp³-hybridized carbons (Fsp3) is 0.290. The van der Waals surface area contributed by atoms with Crippen molar-refractivity contribution >= 4 is 29.2 Å². The van der Waals surface area contributed by atoms with Gasteiger partial charge in [0.15, 0.2) is 6.29 Å². The summed E-state index contributed by atoms with van der Waals surface area (Å²) in [5.41, 5.74) is 5.24. The van der Waals surface area contributed by atoms with Gasteiger partial charge in [-0.1, -0.05) is 42.5 Å². The van der Waals surface area contributed by atoms with E-state index in [2.05, 4.69) is 62.7 Å². The summed E-state index contributed by atoms with van der Waals surface area (Å²) in [7, 11) is 5.65. The Morgan fingerprint density at radius 2 is 1.73 bits per heavy atom. The van der Waals surface area contributed by atoms with E-state index < -0.39 is 6.29 Å². The number of anilines is 3. The lowest BCUT2D eigenvalue weighted by Gasteiger charge is -2.38. The SMILES string of the molecule is COc1cc(N2CCN(C)CC2)ccc1NC1N=CC2=C(Nc3ccccc3C(=O)N2C)N1Cc1ccccc1. The van der Waals surface area contributed by atoms with Crippen LogP contribution in [-0.2, 0) is 6.54 Å². The van der Waals surface area contributed by atoms with Gasteiger partial charge in [0.1, 0.15) is 17.3 Å². The second-order valence-electron chi connectivity index (χ2n) is 10.4. The molecule has 0 radical (unpaired) electrons. The first kappa shape index (κ1) is 25.8. The number of para-hydroxylation sites is 1. The summed E-state index contributed by atoms with van der Waals surface area (Å²) in [5, 5.41) is 7.17. The molecule has 0 saturated carbocycles. The number of amides is 1. The summed E-state index contributed by atoms with van der Waals surface area (Å²) in [6.07, 6.45) is 1.33. The second-order valence-corrected chi connectivity index (χ2v) is 10.4. The Balaban J connectivity index is 1.34. The van der Waals surface area contributed by atoms with Crippen molar-refractivity contribution in [2.75, 3.05) is 62.9 Å². The number of hydrogen-bond acceptors (Lipinski definition) is 8. The standard InChI is InChI=1S/C31H35N7O2/c1-35-15-17-37(18-16-35)23-13-14-26(28(19-23)40-3)34-31-32-20-27-29(38(31)21-22-9-5-4-6-10-22)33-25-12-8-7-11-24(25)30(39)36(27)2/h4-14,19-20,31,33-34H,15-18,21H2,1-3H3. The smallest absolute Gasteiger partial charge is 0.260 e. The molecule has 3 aliphatic rings. The normalized spacial score (nSPS) is 19.1. The molecule has 1 fully saturated rings. The average Bonchev–Trinajstić information content (AvgIpc) is 3.09. The first-order chi connectivity index (χ1) is 19.5. The Labute approximate surface area is 235 Å². The van der Waals surface area contributed by atoms with Gasteiger partial charge < -0.3 is 35.0 Å². The number of benzene rings is 3. The highest BCUT2D eigenvalue weighted by Crippen LogP contribution is 2.35. The van der Waals surface area contributed by atoms with Crippen molar-refractivity contribution in [2.24, 2.45) is 4.99 Å². The van der Waals surface area contributed by atoms with Crippen molar-refractivity contribution in [3.63, 3.8) is 0 Å². The molecule has 0 aromatic heterocycles. The maximum absolute atomic E-state index is 13.3. The number of nitrogens with zero attached hydrogens (tertiary/aromatic N) is 5. The van der Waals surface area contributed by atoms with Crippen LogP contribution in [0.4, 0.5) is 17.1 Å². The summed E-state index contributed by atoms with van der Waals surface area (Å²) in [6, 6.07) is 24.2. The number of methoxy groups -OCH3 is 1. The van der Waals surface area contributed by atoms with Gasteiger partial charge in [0.05, 0.1) is 30.3 Å². The maximum atomic E-state index is 13.3. The third-order valence-corrected chi connectivity index (χ3v) is 7.77. The molecule has 0 spiro atoms. The molecule has 9 heteroatoms. The molecule has 0 aliphatic carbocycles. The van der Waals surface area contributed by atoms with Gasteiger partial charge >= 0.3 is 0 Å². The van der Waals surface area contributed by atoms with E-state index in [1.54, 1.807) is 25.3 Å². The molecule has 1 amide bonds. The van der Waals surface area contributed by atoms with Crippen molar-refractivity contribution in [1.29, 1.82) is 0 Å². The number of hydrogen-bond donors (Lipinski definition) is 2. The molecule has 3 aliphatic heterocycles. The van der Waals surface area contributed by atoms with Crippen LogP contribution in [0.3, 0.4) is 0 Å². The van der Waals surface area contributed by atoms with Gasteiger partial charge in [-0.15, -0.1) is 0 Å². The minimum absolute atomic E-state index is 0.0771. The van der Waals surface area contributed by atoms with Gasteiger partial charge in [0.2, 0.25) is 0 Å². The first-order valence-electron chi connectivity index (χ1n) is 13.6. The third-order valence-electron chi connectivity index (χ3n) is 7.77. The Kier molecular flexibility index (Phi) is 7.04. The lowest BCUT2D eigenvalue weighted by atomic mass is 10.1. The molecule has 3 aromatic carbocycles. The van der Waals surface area contributed by atoms with Crippen LogP contribution in [0.25, 0.3) is 0 Å². The van der Waals surface area contributed by atoms with Gasteiger partial charge in [-0.3, -0.25) is 4.79 Å². The van der Waals surface area contributed by atoms with Crippen molar-refractivity contribution in [2.45, 2.75) is 12.8 Å². The number of carbonyl (C=O) groups is 1. The number of ether oxygens (including phenoxy) is 1. The number of aliphatic imine (C=N–C) groups is 1. The fourth-order valence-electron chi connectivity index (χ4n) is 5.39. The van der Waals surface area contributed by atoms with E-state index in [1.165, 1.54) is 0 Å². The van der Waals surface area contributed by atoms with Gasteiger partial charge in [-0.05, 0) is 36.9 Å². The molecule has 40 heavy (non-hydrogen) atoms. The molecule has 3 heterocycles. The molecule has 206 valence electrons. The molecule has 3 aromatic rings. The number of nitrogens with one attached hydrogen (secondary N) is 2. The lowest BCUT2D eigenvalue weighted by Crippen LogP contribution is -2.45. The van der Waals surface area contributed by atoms with Crippen LogP contribution in [0.15, 0.2) is 89.3 Å². The van der Waals surface area contributed by atoms with Crippen LogP contribution in [0.2, 0.25) is 0 Å². The van der Waals surface area contributed by atoms with Crippen LogP contribution in [0, 0.1) is 0 Å². The molecular weight excluding hydrogens is 502 g/mol. The van der Waals surface area contributed by atoms with Gasteiger partial charge in [0.25, 0.3) is 5.91 Å². The summed E-state index contributed by atoms with van der Waals surface area (Å²) >= 11 is 0. The molecule has 0 bridgehead atoms. The average molecular weight is 538 g/mol. The molecule has 6 rings (SSSR count). The number of carbonyl (C=O) groups excluding carboxylic acids is 1. The van der Waals surface area contributed by atoms with Gasteiger partial charge in [-0.2, -0.15) is 0 Å². The zero-order valence-corrected chi connectivity index (χ0v) is 23.2. The summed E-state index contributed by atoms with van der Waals surface area (Å²) in [4.78, 5) is 26.8. The Morgan fingerprint density at radius 1 is 0.975 bits per heavy atom. The summed E-state index contributed by atoms with van der Waals surface area (Å²) in [6.45, 7) is 4.63. The number of allylic oxidation sites excluding steroid dienone is 1. The largest absolute Gasteiger partial charge is 0.495 e. The number of likely N-dealkylation sites (N-methyl/N-ethyl adjacent to an activating group) is 1. The Hall–Kier alpha value is -4.50. The predicted octanol–water partition coefficient (Wildman–Crippen LogP) is 4.10. The van der Waals surface area contributed by atoms with Crippen molar-refractivity contribution in [1.82, 2.24) is 14.7 Å². The van der Waals surface area contributed by atoms with E-state index in [-0.39, 0.29) is 5.91 Å². The monoisotopic (exact) mass is 537 g/mol. The molecular formula is C31H35N7O2. The minimum atomic E-state index is -0.441. The molecule has 1 atom stereocenters. The Bertz CT molecular complexity index is 1450. The zero-order valence-electron chi connectivity index (χ0n) is 23.2. The van der Waals surface area contributed by atoms with Crippen molar-refractivity contribution in [3.8, 4) is 5.75 Å². The highest BCUT2D eigenvalue weighted by Gasteiger charge is 2.34. The molecule has 1 unspecified atom stereocenters. The zero-order chi connectivity index (χ0) is 27.6. The van der Waals surface area contributed by atoms with Gasteiger partial charge in [-0.25, -0.2) is 4.99 Å². The summed E-state index contributed by atoms with van der Waals surface area (Å²) in [5.74, 6) is 1.49. The number of rotatable bonds is 6. The highest BCUT2D eigenvalue weighted by atomic mass is 16.5. The van der Waals surface area contributed by atoms with E-state index in [1.807, 2.05) is 42.5 Å². The molecule has 2 N–H and O–H groups in total.